The van der Waals surface area contributed by atoms with Crippen LogP contribution in [0.25, 0.3) is 0 Å². The second-order valence-corrected chi connectivity index (χ2v) is 7.24. The number of hydrogen-bond acceptors (Lipinski definition) is 4. The summed E-state index contributed by atoms with van der Waals surface area (Å²) >= 11 is 0. The summed E-state index contributed by atoms with van der Waals surface area (Å²) < 4.78 is 11.1. The number of allylic oxidation sites excluding steroid dienone is 1. The summed E-state index contributed by atoms with van der Waals surface area (Å²) in [6.07, 6.45) is 1.56. The number of ether oxygens (including phenoxy) is 2. The Labute approximate surface area is 124 Å². The smallest absolute Gasteiger partial charge is 0.318 e. The predicted octanol–water partition coefficient (Wildman–Crippen LogP) is 2.60. The van der Waals surface area contributed by atoms with Crippen LogP contribution in [0.2, 0.25) is 0 Å². The maximum absolute atomic E-state index is 11.9. The first-order valence-corrected chi connectivity index (χ1v) is 7.65. The standard InChI is InChI=1S/C17H20O4/c1-7-10-5-11(10)17(4)6-12-13(8(2)16(19)21-12)15(14(7)17)20-9(3)18/h8,10-11,14-15H,1,5-6H2,2-4H3. The van der Waals surface area contributed by atoms with E-state index in [1.165, 1.54) is 18.9 Å². The van der Waals surface area contributed by atoms with Gasteiger partial charge in [0.25, 0.3) is 0 Å². The maximum Gasteiger partial charge on any atom is 0.318 e. The van der Waals surface area contributed by atoms with E-state index in [2.05, 4.69) is 13.5 Å². The third kappa shape index (κ3) is 1.51. The Morgan fingerprint density at radius 3 is 2.86 bits per heavy atom. The van der Waals surface area contributed by atoms with Crippen LogP contribution in [0.15, 0.2) is 23.5 Å². The maximum atomic E-state index is 11.9. The van der Waals surface area contributed by atoms with E-state index in [0.29, 0.717) is 11.8 Å². The van der Waals surface area contributed by atoms with E-state index in [1.807, 2.05) is 6.92 Å². The van der Waals surface area contributed by atoms with Crippen molar-refractivity contribution in [1.29, 1.82) is 0 Å². The molecule has 112 valence electrons. The van der Waals surface area contributed by atoms with Gasteiger partial charge < -0.3 is 9.47 Å². The molecule has 21 heavy (non-hydrogen) atoms. The molecule has 0 saturated heterocycles. The van der Waals surface area contributed by atoms with Crippen molar-refractivity contribution in [2.24, 2.45) is 29.1 Å². The number of carbonyl (C=O) groups excluding carboxylic acids is 2. The molecular weight excluding hydrogens is 268 g/mol. The predicted molar refractivity (Wildman–Crippen MR) is 74.8 cm³/mol. The lowest BCUT2D eigenvalue weighted by Crippen LogP contribution is -2.43. The molecule has 0 radical (unpaired) electrons. The molecule has 4 heteroatoms. The Bertz CT molecular complexity index is 616. The van der Waals surface area contributed by atoms with Crippen LogP contribution in [0.5, 0.6) is 0 Å². The molecular formula is C17H20O4. The van der Waals surface area contributed by atoms with E-state index >= 15 is 0 Å². The van der Waals surface area contributed by atoms with Crippen molar-refractivity contribution in [3.63, 3.8) is 0 Å². The van der Waals surface area contributed by atoms with Crippen molar-refractivity contribution in [2.75, 3.05) is 0 Å². The third-order valence-electron chi connectivity index (χ3n) is 6.03. The normalized spacial score (nSPS) is 46.7. The Kier molecular flexibility index (Phi) is 2.36. The zero-order valence-corrected chi connectivity index (χ0v) is 12.6. The molecule has 1 heterocycles. The molecule has 4 aliphatic rings. The van der Waals surface area contributed by atoms with Gasteiger partial charge in [0.2, 0.25) is 0 Å². The molecule has 6 unspecified atom stereocenters. The number of rotatable bonds is 1. The summed E-state index contributed by atoms with van der Waals surface area (Å²) in [7, 11) is 0. The second-order valence-electron chi connectivity index (χ2n) is 7.24. The van der Waals surface area contributed by atoms with Crippen LogP contribution >= 0.6 is 0 Å². The second kappa shape index (κ2) is 3.79. The molecule has 1 aliphatic heterocycles. The number of hydrogen-bond donors (Lipinski definition) is 0. The van der Waals surface area contributed by atoms with Gasteiger partial charge in [-0.2, -0.15) is 0 Å². The van der Waals surface area contributed by atoms with Gasteiger partial charge in [-0.3, -0.25) is 9.59 Å². The average Bonchev–Trinajstić information content (AvgIpc) is 3.08. The molecule has 4 rings (SSSR count). The van der Waals surface area contributed by atoms with E-state index in [-0.39, 0.29) is 35.3 Å². The lowest BCUT2D eigenvalue weighted by molar-refractivity contribution is -0.149. The Hall–Kier alpha value is -1.58. The van der Waals surface area contributed by atoms with E-state index in [0.717, 1.165) is 17.8 Å². The molecule has 3 aliphatic carbocycles. The van der Waals surface area contributed by atoms with E-state index in [9.17, 15) is 9.59 Å². The molecule has 2 saturated carbocycles. The van der Waals surface area contributed by atoms with Gasteiger partial charge in [0.05, 0.1) is 5.92 Å². The fourth-order valence-corrected chi connectivity index (χ4v) is 5.02. The van der Waals surface area contributed by atoms with E-state index < -0.39 is 0 Å². The monoisotopic (exact) mass is 288 g/mol. The molecule has 0 spiro atoms. The fraction of sp³-hybridized carbons (Fsp3) is 0.647. The van der Waals surface area contributed by atoms with Crippen molar-refractivity contribution < 1.29 is 19.1 Å². The minimum atomic E-state index is -0.377. The van der Waals surface area contributed by atoms with Crippen molar-refractivity contribution in [3.8, 4) is 0 Å². The molecule has 6 atom stereocenters. The third-order valence-corrected chi connectivity index (χ3v) is 6.03. The van der Waals surface area contributed by atoms with Crippen molar-refractivity contribution >= 4 is 11.9 Å². The van der Waals surface area contributed by atoms with Gasteiger partial charge in [-0.05, 0) is 30.6 Å². The van der Waals surface area contributed by atoms with Crippen molar-refractivity contribution in [3.05, 3.63) is 23.5 Å². The minimum absolute atomic E-state index is 0.00500. The molecule has 0 aromatic heterocycles. The molecule has 0 aromatic carbocycles. The van der Waals surface area contributed by atoms with Crippen LogP contribution in [0.3, 0.4) is 0 Å². The highest BCUT2D eigenvalue weighted by Gasteiger charge is 2.68. The van der Waals surface area contributed by atoms with Crippen molar-refractivity contribution in [2.45, 2.75) is 39.7 Å². The lowest BCUT2D eigenvalue weighted by atomic mass is 9.63. The summed E-state index contributed by atoms with van der Waals surface area (Å²) in [4.78, 5) is 23.5. The van der Waals surface area contributed by atoms with Gasteiger partial charge in [0.1, 0.15) is 11.9 Å². The molecule has 0 N–H and O–H groups in total. The number of fused-ring (bicyclic) bond motifs is 3. The molecule has 0 bridgehead atoms. The zero-order chi connectivity index (χ0) is 15.1. The zero-order valence-electron chi connectivity index (χ0n) is 12.6. The first-order chi connectivity index (χ1) is 9.84. The van der Waals surface area contributed by atoms with Crippen molar-refractivity contribution in [1.82, 2.24) is 0 Å². The summed E-state index contributed by atoms with van der Waals surface area (Å²) in [6, 6.07) is 0. The van der Waals surface area contributed by atoms with Crippen LogP contribution in [0, 0.1) is 29.1 Å². The Morgan fingerprint density at radius 2 is 2.19 bits per heavy atom. The van der Waals surface area contributed by atoms with Gasteiger partial charge in [0, 0.05) is 24.8 Å². The van der Waals surface area contributed by atoms with Crippen LogP contribution in [-0.4, -0.2) is 18.0 Å². The van der Waals surface area contributed by atoms with Crippen LogP contribution in [0.1, 0.15) is 33.6 Å². The van der Waals surface area contributed by atoms with Gasteiger partial charge in [-0.25, -0.2) is 0 Å². The van der Waals surface area contributed by atoms with Crippen LogP contribution < -0.4 is 0 Å². The first-order valence-electron chi connectivity index (χ1n) is 7.65. The van der Waals surface area contributed by atoms with Gasteiger partial charge >= 0.3 is 11.9 Å². The highest BCUT2D eigenvalue weighted by molar-refractivity contribution is 5.81. The fourth-order valence-electron chi connectivity index (χ4n) is 5.02. The quantitative estimate of drug-likeness (QED) is 0.550. The minimum Gasteiger partial charge on any atom is -0.457 e. The van der Waals surface area contributed by atoms with E-state index in [4.69, 9.17) is 9.47 Å². The SMILES string of the molecule is C=C1C2CC2C2(C)CC3=C(C(C)C(=O)O3)C(OC(C)=O)C12. The van der Waals surface area contributed by atoms with E-state index in [1.54, 1.807) is 0 Å². The average molecular weight is 288 g/mol. The molecule has 0 aromatic rings. The van der Waals surface area contributed by atoms with Crippen LogP contribution in [0.4, 0.5) is 0 Å². The number of esters is 2. The summed E-state index contributed by atoms with van der Waals surface area (Å²) in [5.41, 5.74) is 2.08. The highest BCUT2D eigenvalue weighted by atomic mass is 16.6. The molecule has 0 amide bonds. The summed E-state index contributed by atoms with van der Waals surface area (Å²) in [5, 5.41) is 0. The topological polar surface area (TPSA) is 52.6 Å². The van der Waals surface area contributed by atoms with Gasteiger partial charge in [-0.1, -0.05) is 19.1 Å². The van der Waals surface area contributed by atoms with Gasteiger partial charge in [0.15, 0.2) is 0 Å². The number of carbonyl (C=O) groups is 2. The van der Waals surface area contributed by atoms with Crippen LogP contribution in [-0.2, 0) is 19.1 Å². The Morgan fingerprint density at radius 1 is 1.48 bits per heavy atom. The largest absolute Gasteiger partial charge is 0.457 e. The van der Waals surface area contributed by atoms with Gasteiger partial charge in [-0.15, -0.1) is 0 Å². The Balaban J connectivity index is 1.82. The lowest BCUT2D eigenvalue weighted by Gasteiger charge is -2.43. The molecule has 4 nitrogen and oxygen atoms in total. The summed E-state index contributed by atoms with van der Waals surface area (Å²) in [6.45, 7) is 9.78. The first kappa shape index (κ1) is 13.1. The highest BCUT2D eigenvalue weighted by Crippen LogP contribution is 2.72. The molecule has 2 fully saturated rings. The summed E-state index contributed by atoms with van der Waals surface area (Å²) in [5.74, 6) is 1.17.